The standard InChI is InChI=1S/C11H5ClF2N6O/c12-7-6-9(17-3-16-6)19-11(18-7)20-10(21)4-1-2-15-8(14)5(4)13/h1-3H,(H2,16,17,18,19,20,21). The van der Waals surface area contributed by atoms with Crippen LogP contribution in [0.25, 0.3) is 11.2 Å². The van der Waals surface area contributed by atoms with E-state index >= 15 is 0 Å². The molecule has 0 spiro atoms. The van der Waals surface area contributed by atoms with Crippen LogP contribution in [0.4, 0.5) is 14.7 Å². The van der Waals surface area contributed by atoms with E-state index in [4.69, 9.17) is 11.6 Å². The third kappa shape index (κ3) is 2.38. The molecule has 0 saturated heterocycles. The molecule has 0 atom stereocenters. The summed E-state index contributed by atoms with van der Waals surface area (Å²) in [5, 5.41) is 2.25. The third-order valence-corrected chi connectivity index (χ3v) is 2.83. The number of hydrogen-bond donors (Lipinski definition) is 2. The fraction of sp³-hybridized carbons (Fsp3) is 0. The van der Waals surface area contributed by atoms with Gasteiger partial charge in [0.25, 0.3) is 5.91 Å². The number of nitrogens with zero attached hydrogens (tertiary/aromatic N) is 4. The minimum absolute atomic E-state index is 0.0363. The van der Waals surface area contributed by atoms with E-state index in [1.54, 1.807) is 0 Å². The van der Waals surface area contributed by atoms with Crippen molar-refractivity contribution in [1.82, 2.24) is 24.9 Å². The fourth-order valence-corrected chi connectivity index (χ4v) is 1.84. The quantitative estimate of drug-likeness (QED) is 0.557. The van der Waals surface area contributed by atoms with Crippen LogP contribution in [-0.2, 0) is 0 Å². The lowest BCUT2D eigenvalue weighted by atomic mass is 10.2. The zero-order valence-electron chi connectivity index (χ0n) is 10.1. The number of H-pyrrole nitrogens is 1. The summed E-state index contributed by atoms with van der Waals surface area (Å²) >= 11 is 5.87. The molecular formula is C11H5ClF2N6O. The van der Waals surface area contributed by atoms with Gasteiger partial charge in [0.15, 0.2) is 16.6 Å². The molecule has 0 unspecified atom stereocenters. The first-order chi connectivity index (χ1) is 10.1. The molecule has 3 aromatic heterocycles. The molecule has 3 heterocycles. The monoisotopic (exact) mass is 310 g/mol. The number of nitrogens with one attached hydrogen (secondary N) is 2. The number of fused-ring (bicyclic) bond motifs is 1. The van der Waals surface area contributed by atoms with Crippen LogP contribution >= 0.6 is 11.6 Å². The summed E-state index contributed by atoms with van der Waals surface area (Å²) in [5.74, 6) is -3.84. The molecule has 0 radical (unpaired) electrons. The molecule has 0 saturated carbocycles. The van der Waals surface area contributed by atoms with Gasteiger partial charge in [0.05, 0.1) is 11.9 Å². The smallest absolute Gasteiger partial charge is 0.261 e. The molecule has 0 aliphatic rings. The number of carbonyl (C=O) groups excluding carboxylic acids is 1. The highest BCUT2D eigenvalue weighted by Gasteiger charge is 2.18. The van der Waals surface area contributed by atoms with Gasteiger partial charge in [-0.3, -0.25) is 10.1 Å². The van der Waals surface area contributed by atoms with Crippen LogP contribution in [0.2, 0.25) is 5.15 Å². The summed E-state index contributed by atoms with van der Waals surface area (Å²) in [6, 6.07) is 1.03. The second kappa shape index (κ2) is 5.02. The van der Waals surface area contributed by atoms with Gasteiger partial charge >= 0.3 is 0 Å². The SMILES string of the molecule is O=C(Nc1nc(Cl)c2[nH]cnc2n1)c1ccnc(F)c1F. The van der Waals surface area contributed by atoms with E-state index < -0.39 is 23.2 Å². The van der Waals surface area contributed by atoms with Gasteiger partial charge in [-0.05, 0) is 6.07 Å². The number of pyridine rings is 1. The number of halogens is 3. The van der Waals surface area contributed by atoms with Crippen molar-refractivity contribution in [3.63, 3.8) is 0 Å². The Morgan fingerprint density at radius 3 is 2.90 bits per heavy atom. The Hall–Kier alpha value is -2.68. The molecule has 21 heavy (non-hydrogen) atoms. The first-order valence-electron chi connectivity index (χ1n) is 5.54. The summed E-state index contributed by atoms with van der Waals surface area (Å²) < 4.78 is 26.4. The molecule has 0 fully saturated rings. The Kier molecular flexibility index (Phi) is 3.18. The molecule has 2 N–H and O–H groups in total. The second-order valence-corrected chi connectivity index (χ2v) is 4.21. The van der Waals surface area contributed by atoms with Crippen LogP contribution in [0.1, 0.15) is 10.4 Å². The van der Waals surface area contributed by atoms with Crippen LogP contribution < -0.4 is 5.32 Å². The number of aromatic nitrogens is 5. The maximum atomic E-state index is 13.5. The second-order valence-electron chi connectivity index (χ2n) is 3.86. The van der Waals surface area contributed by atoms with Crippen LogP contribution in [0.15, 0.2) is 18.6 Å². The highest BCUT2D eigenvalue weighted by Crippen LogP contribution is 2.19. The molecule has 0 aromatic carbocycles. The number of rotatable bonds is 2. The topological polar surface area (TPSA) is 96.5 Å². The number of amides is 1. The zero-order chi connectivity index (χ0) is 15.0. The van der Waals surface area contributed by atoms with Crippen molar-refractivity contribution in [2.24, 2.45) is 0 Å². The normalized spacial score (nSPS) is 10.8. The molecule has 0 bridgehead atoms. The van der Waals surface area contributed by atoms with Gasteiger partial charge < -0.3 is 4.98 Å². The third-order valence-electron chi connectivity index (χ3n) is 2.56. The molecule has 3 rings (SSSR count). The van der Waals surface area contributed by atoms with E-state index in [9.17, 15) is 13.6 Å². The van der Waals surface area contributed by atoms with E-state index in [0.29, 0.717) is 5.52 Å². The first-order valence-corrected chi connectivity index (χ1v) is 5.92. The maximum Gasteiger partial charge on any atom is 0.261 e. The lowest BCUT2D eigenvalue weighted by Crippen LogP contribution is -2.17. The van der Waals surface area contributed by atoms with Gasteiger partial charge in [-0.1, -0.05) is 11.6 Å². The highest BCUT2D eigenvalue weighted by molar-refractivity contribution is 6.33. The fourth-order valence-electron chi connectivity index (χ4n) is 1.62. The van der Waals surface area contributed by atoms with Gasteiger partial charge in [-0.2, -0.15) is 14.4 Å². The van der Waals surface area contributed by atoms with E-state index in [1.165, 1.54) is 6.33 Å². The summed E-state index contributed by atoms with van der Waals surface area (Å²) in [7, 11) is 0. The highest BCUT2D eigenvalue weighted by atomic mass is 35.5. The lowest BCUT2D eigenvalue weighted by Gasteiger charge is -2.05. The van der Waals surface area contributed by atoms with Crippen molar-refractivity contribution in [1.29, 1.82) is 0 Å². The van der Waals surface area contributed by atoms with Crippen molar-refractivity contribution in [3.8, 4) is 0 Å². The van der Waals surface area contributed by atoms with Crippen LogP contribution in [0.3, 0.4) is 0 Å². The van der Waals surface area contributed by atoms with Gasteiger partial charge in [0, 0.05) is 6.20 Å². The van der Waals surface area contributed by atoms with Crippen molar-refractivity contribution >= 4 is 34.6 Å². The van der Waals surface area contributed by atoms with Gasteiger partial charge in [0.1, 0.15) is 5.52 Å². The molecular weight excluding hydrogens is 306 g/mol. The number of carbonyl (C=O) groups is 1. The molecule has 0 aliphatic carbocycles. The van der Waals surface area contributed by atoms with E-state index in [0.717, 1.165) is 12.3 Å². The van der Waals surface area contributed by atoms with Crippen molar-refractivity contribution in [3.05, 3.63) is 41.1 Å². The number of aromatic amines is 1. The maximum absolute atomic E-state index is 13.5. The minimum atomic E-state index is -1.37. The van der Waals surface area contributed by atoms with E-state index in [2.05, 4.69) is 30.2 Å². The Labute approximate surface area is 120 Å². The summed E-state index contributed by atoms with van der Waals surface area (Å²) in [6.45, 7) is 0. The lowest BCUT2D eigenvalue weighted by molar-refractivity contribution is 0.102. The largest absolute Gasteiger partial charge is 0.341 e. The molecule has 1 amide bonds. The average Bonchev–Trinajstić information content (AvgIpc) is 2.90. The van der Waals surface area contributed by atoms with Gasteiger partial charge in [-0.25, -0.2) is 14.4 Å². The summed E-state index contributed by atoms with van der Waals surface area (Å²) in [4.78, 5) is 29.3. The van der Waals surface area contributed by atoms with Gasteiger partial charge in [0.2, 0.25) is 11.9 Å². The number of imidazole rings is 1. The predicted octanol–water partition coefficient (Wildman–Crippen LogP) is 1.93. The molecule has 0 aliphatic heterocycles. The zero-order valence-corrected chi connectivity index (χ0v) is 10.8. The Morgan fingerprint density at radius 2 is 2.10 bits per heavy atom. The first kappa shape index (κ1) is 13.3. The van der Waals surface area contributed by atoms with Crippen molar-refractivity contribution in [2.75, 3.05) is 5.32 Å². The Morgan fingerprint density at radius 1 is 1.29 bits per heavy atom. The van der Waals surface area contributed by atoms with Crippen LogP contribution in [-0.4, -0.2) is 30.8 Å². The predicted molar refractivity (Wildman–Crippen MR) is 68.8 cm³/mol. The van der Waals surface area contributed by atoms with Crippen LogP contribution in [0, 0.1) is 11.8 Å². The van der Waals surface area contributed by atoms with Gasteiger partial charge in [-0.15, -0.1) is 0 Å². The van der Waals surface area contributed by atoms with E-state index in [1.807, 2.05) is 0 Å². The molecule has 7 nitrogen and oxygen atoms in total. The molecule has 106 valence electrons. The van der Waals surface area contributed by atoms with Crippen LogP contribution in [0.5, 0.6) is 0 Å². The van der Waals surface area contributed by atoms with E-state index in [-0.39, 0.29) is 16.7 Å². The van der Waals surface area contributed by atoms with Crippen molar-refractivity contribution in [2.45, 2.75) is 0 Å². The summed E-state index contributed by atoms with van der Waals surface area (Å²) in [6.07, 6.45) is 2.33. The average molecular weight is 311 g/mol. The number of anilines is 1. The Balaban J connectivity index is 1.94. The summed E-state index contributed by atoms with van der Waals surface area (Å²) in [5.41, 5.74) is 0.104. The minimum Gasteiger partial charge on any atom is -0.341 e. The number of hydrogen-bond acceptors (Lipinski definition) is 5. The Bertz CT molecular complexity index is 852. The molecule has 3 aromatic rings. The molecule has 10 heteroatoms. The van der Waals surface area contributed by atoms with Crippen molar-refractivity contribution < 1.29 is 13.6 Å².